The molecule has 0 fully saturated rings. The third-order valence-electron chi connectivity index (χ3n) is 3.85. The molecule has 3 aromatic carbocycles. The van der Waals surface area contributed by atoms with Gasteiger partial charge in [-0.2, -0.15) is 8.78 Å². The van der Waals surface area contributed by atoms with E-state index in [9.17, 15) is 26.8 Å². The molecular formula is C20H17F5O6P2S2. The number of halogens is 5. The van der Waals surface area contributed by atoms with E-state index in [4.69, 9.17) is 30.6 Å². The van der Waals surface area contributed by atoms with Crippen molar-refractivity contribution in [2.24, 2.45) is 0 Å². The number of hydrogen-bond acceptors (Lipinski definition) is 5. The SMILES string of the molecule is OP(=S)(OCc1ccccc1)OCc1ccccc1.OP(O)(=S)Oc1c(F)c(F)c(F)c(F)c1F. The van der Waals surface area contributed by atoms with Crippen LogP contribution >= 0.6 is 13.4 Å². The van der Waals surface area contributed by atoms with Crippen LogP contribution in [0.15, 0.2) is 60.7 Å². The fourth-order valence-corrected chi connectivity index (χ4v) is 3.92. The van der Waals surface area contributed by atoms with Crippen LogP contribution in [0.5, 0.6) is 5.75 Å². The second-order valence-corrected chi connectivity index (χ2v) is 11.9. The van der Waals surface area contributed by atoms with Crippen LogP contribution in [0.1, 0.15) is 11.1 Å². The van der Waals surface area contributed by atoms with Gasteiger partial charge < -0.3 is 28.3 Å². The monoisotopic (exact) mass is 574 g/mol. The van der Waals surface area contributed by atoms with Crippen molar-refractivity contribution >= 4 is 37.1 Å². The van der Waals surface area contributed by atoms with Gasteiger partial charge in [-0.15, -0.1) is 0 Å². The summed E-state index contributed by atoms with van der Waals surface area (Å²) in [6.45, 7) is -7.28. The normalized spacial score (nSPS) is 11.5. The minimum Gasteiger partial charge on any atom is -0.418 e. The molecule has 0 radical (unpaired) electrons. The van der Waals surface area contributed by atoms with Crippen molar-refractivity contribution < 1.29 is 50.2 Å². The highest BCUT2D eigenvalue weighted by molar-refractivity contribution is 8.07. The molecule has 0 aromatic heterocycles. The fraction of sp³-hybridized carbons (Fsp3) is 0.100. The molecule has 0 saturated heterocycles. The van der Waals surface area contributed by atoms with Gasteiger partial charge in [0.15, 0.2) is 0 Å². The molecule has 0 atom stereocenters. The summed E-state index contributed by atoms with van der Waals surface area (Å²) in [6.07, 6.45) is 0. The standard InChI is InChI=1S/C14H15O3PS.C6H2F5O3PS/c15-18(19,16-11-13-7-3-1-4-8-13)17-12-14-9-5-2-6-10-14;7-1-2(8)4(10)6(5(11)3(1)9)14-15(12,13)16/h1-10H,11-12H2,(H,15,19);(H2,12,13,16). The Morgan fingerprint density at radius 3 is 1.29 bits per heavy atom. The average molecular weight is 574 g/mol. The third-order valence-corrected chi connectivity index (χ3v) is 6.04. The second-order valence-electron chi connectivity index (χ2n) is 6.47. The highest BCUT2D eigenvalue weighted by Gasteiger charge is 2.29. The Bertz CT molecular complexity index is 1160. The molecule has 0 heterocycles. The summed E-state index contributed by atoms with van der Waals surface area (Å²) in [5.41, 5.74) is 1.91. The van der Waals surface area contributed by atoms with Crippen molar-refractivity contribution in [3.63, 3.8) is 0 Å². The summed E-state index contributed by atoms with van der Waals surface area (Å²) in [5, 5.41) is 0. The molecule has 190 valence electrons. The minimum atomic E-state index is -4.60. The summed E-state index contributed by atoms with van der Waals surface area (Å²) < 4.78 is 77.6. The molecule has 6 nitrogen and oxygen atoms in total. The molecule has 0 spiro atoms. The predicted octanol–water partition coefficient (Wildman–Crippen LogP) is 5.61. The van der Waals surface area contributed by atoms with Crippen LogP contribution in [0.4, 0.5) is 22.0 Å². The van der Waals surface area contributed by atoms with Gasteiger partial charge in [-0.3, -0.25) is 0 Å². The van der Waals surface area contributed by atoms with Gasteiger partial charge in [-0.1, -0.05) is 60.7 Å². The van der Waals surface area contributed by atoms with E-state index in [1.807, 2.05) is 60.7 Å². The van der Waals surface area contributed by atoms with Crippen LogP contribution in [0.2, 0.25) is 0 Å². The van der Waals surface area contributed by atoms with Crippen LogP contribution < -0.4 is 4.52 Å². The number of benzene rings is 3. The van der Waals surface area contributed by atoms with Crippen LogP contribution in [0.3, 0.4) is 0 Å². The zero-order chi connectivity index (χ0) is 26.2. The Kier molecular flexibility index (Phi) is 10.9. The highest BCUT2D eigenvalue weighted by Crippen LogP contribution is 2.45. The van der Waals surface area contributed by atoms with E-state index >= 15 is 0 Å². The summed E-state index contributed by atoms with van der Waals surface area (Å²) in [5.74, 6) is -13.4. The lowest BCUT2D eigenvalue weighted by atomic mass is 10.2. The van der Waals surface area contributed by atoms with Gasteiger partial charge in [-0.25, -0.2) is 13.2 Å². The Labute approximate surface area is 207 Å². The lowest BCUT2D eigenvalue weighted by molar-refractivity contribution is 0.184. The van der Waals surface area contributed by atoms with E-state index in [0.717, 1.165) is 11.1 Å². The molecule has 0 aliphatic rings. The lowest BCUT2D eigenvalue weighted by Gasteiger charge is -2.15. The fourth-order valence-electron chi connectivity index (χ4n) is 2.28. The Hall–Kier alpha value is -1.79. The van der Waals surface area contributed by atoms with E-state index in [-0.39, 0.29) is 13.2 Å². The van der Waals surface area contributed by atoms with Crippen molar-refractivity contribution in [3.05, 3.63) is 101 Å². The summed E-state index contributed by atoms with van der Waals surface area (Å²) in [6, 6.07) is 19.1. The maximum absolute atomic E-state index is 12.8. The lowest BCUT2D eigenvalue weighted by Crippen LogP contribution is -2.05. The van der Waals surface area contributed by atoms with Gasteiger partial charge in [0.2, 0.25) is 34.8 Å². The molecule has 35 heavy (non-hydrogen) atoms. The Morgan fingerprint density at radius 2 is 0.943 bits per heavy atom. The molecule has 0 saturated carbocycles. The Balaban J connectivity index is 0.000000251. The largest absolute Gasteiger partial charge is 0.418 e. The van der Waals surface area contributed by atoms with Crippen LogP contribution in [0, 0.1) is 29.1 Å². The molecular weight excluding hydrogens is 557 g/mol. The van der Waals surface area contributed by atoms with Gasteiger partial charge in [0, 0.05) is 11.8 Å². The van der Waals surface area contributed by atoms with Crippen molar-refractivity contribution in [2.45, 2.75) is 13.2 Å². The second kappa shape index (κ2) is 13.0. The molecule has 0 aliphatic heterocycles. The molecule has 15 heteroatoms. The maximum atomic E-state index is 12.8. The van der Waals surface area contributed by atoms with Crippen molar-refractivity contribution in [3.8, 4) is 5.75 Å². The van der Waals surface area contributed by atoms with Crippen molar-refractivity contribution in [1.82, 2.24) is 0 Å². The van der Waals surface area contributed by atoms with E-state index in [0.29, 0.717) is 0 Å². The third kappa shape index (κ3) is 9.64. The molecule has 0 amide bonds. The molecule has 3 N–H and O–H groups in total. The number of hydrogen-bond donors (Lipinski definition) is 3. The highest BCUT2D eigenvalue weighted by atomic mass is 32.5. The van der Waals surface area contributed by atoms with Gasteiger partial charge in [0.1, 0.15) is 0 Å². The predicted molar refractivity (Wildman–Crippen MR) is 125 cm³/mol. The van der Waals surface area contributed by atoms with E-state index < -0.39 is 48.3 Å². The van der Waals surface area contributed by atoms with Gasteiger partial charge in [-0.05, 0) is 22.9 Å². The zero-order valence-electron chi connectivity index (χ0n) is 17.4. The molecule has 3 aromatic rings. The first kappa shape index (κ1) is 29.4. The molecule has 0 unspecified atom stereocenters. The van der Waals surface area contributed by atoms with E-state index in [1.54, 1.807) is 0 Å². The summed E-state index contributed by atoms with van der Waals surface area (Å²) >= 11 is 8.80. The van der Waals surface area contributed by atoms with Gasteiger partial charge in [0.25, 0.3) is 0 Å². The molecule has 0 bridgehead atoms. The topological polar surface area (TPSA) is 88.4 Å². The van der Waals surface area contributed by atoms with E-state index in [1.165, 1.54) is 0 Å². The number of rotatable bonds is 8. The minimum absolute atomic E-state index is 0.253. The van der Waals surface area contributed by atoms with Crippen molar-refractivity contribution in [1.29, 1.82) is 0 Å². The quantitative estimate of drug-likeness (QED) is 0.139. The average Bonchev–Trinajstić information content (AvgIpc) is 2.83. The van der Waals surface area contributed by atoms with Crippen molar-refractivity contribution in [2.75, 3.05) is 0 Å². The molecule has 0 aliphatic carbocycles. The first-order valence-corrected chi connectivity index (χ1v) is 14.5. The van der Waals surface area contributed by atoms with Crippen LogP contribution in [0.25, 0.3) is 0 Å². The summed E-state index contributed by atoms with van der Waals surface area (Å²) in [7, 11) is 0. The van der Waals surface area contributed by atoms with Crippen LogP contribution in [-0.4, -0.2) is 14.7 Å². The molecule has 3 rings (SSSR count). The zero-order valence-corrected chi connectivity index (χ0v) is 20.8. The summed E-state index contributed by atoms with van der Waals surface area (Å²) in [4.78, 5) is 27.0. The van der Waals surface area contributed by atoms with E-state index in [2.05, 4.69) is 16.3 Å². The first-order chi connectivity index (χ1) is 16.3. The maximum Gasteiger partial charge on any atom is 0.375 e. The van der Waals surface area contributed by atoms with Crippen LogP contribution in [-0.2, 0) is 45.9 Å². The Morgan fingerprint density at radius 1 is 0.600 bits per heavy atom. The smallest absolute Gasteiger partial charge is 0.375 e. The first-order valence-electron chi connectivity index (χ1n) is 9.27. The van der Waals surface area contributed by atoms with Gasteiger partial charge in [0.05, 0.1) is 13.2 Å². The van der Waals surface area contributed by atoms with Gasteiger partial charge >= 0.3 is 13.4 Å².